The number of carbonyl (C=O) groups excluding carboxylic acids is 1. The van der Waals surface area contributed by atoms with Crippen LogP contribution in [0.3, 0.4) is 0 Å². The SMILES string of the molecule is COC(=O)c1ccc(O)cc1NN. The minimum atomic E-state index is -0.507. The van der Waals surface area contributed by atoms with Crippen molar-refractivity contribution in [1.82, 2.24) is 0 Å². The number of esters is 1. The number of aromatic hydroxyl groups is 1. The molecule has 5 nitrogen and oxygen atoms in total. The fraction of sp³-hybridized carbons (Fsp3) is 0.125. The van der Waals surface area contributed by atoms with Crippen LogP contribution in [-0.4, -0.2) is 18.2 Å². The van der Waals surface area contributed by atoms with E-state index in [1.165, 1.54) is 25.3 Å². The van der Waals surface area contributed by atoms with Crippen molar-refractivity contribution in [2.45, 2.75) is 0 Å². The van der Waals surface area contributed by atoms with Crippen LogP contribution < -0.4 is 11.3 Å². The molecule has 0 heterocycles. The number of hydrazine groups is 1. The fourth-order valence-corrected chi connectivity index (χ4v) is 0.940. The average Bonchev–Trinajstić information content (AvgIpc) is 2.16. The van der Waals surface area contributed by atoms with Crippen LogP contribution in [0.15, 0.2) is 18.2 Å². The first-order chi connectivity index (χ1) is 6.19. The van der Waals surface area contributed by atoms with Gasteiger partial charge in [0, 0.05) is 6.07 Å². The average molecular weight is 182 g/mol. The Morgan fingerprint density at radius 2 is 2.31 bits per heavy atom. The highest BCUT2D eigenvalue weighted by atomic mass is 16.5. The molecule has 4 N–H and O–H groups in total. The quantitative estimate of drug-likeness (QED) is 0.351. The van der Waals surface area contributed by atoms with Gasteiger partial charge in [-0.15, -0.1) is 0 Å². The molecule has 0 fully saturated rings. The maximum Gasteiger partial charge on any atom is 0.340 e. The van der Waals surface area contributed by atoms with Crippen molar-refractivity contribution in [3.63, 3.8) is 0 Å². The number of methoxy groups -OCH3 is 1. The minimum Gasteiger partial charge on any atom is -0.508 e. The van der Waals surface area contributed by atoms with Gasteiger partial charge in [0.05, 0.1) is 18.4 Å². The highest BCUT2D eigenvalue weighted by Crippen LogP contribution is 2.21. The van der Waals surface area contributed by atoms with Crippen LogP contribution in [-0.2, 0) is 4.74 Å². The van der Waals surface area contributed by atoms with E-state index in [1.54, 1.807) is 0 Å². The first-order valence-electron chi connectivity index (χ1n) is 3.57. The van der Waals surface area contributed by atoms with Crippen LogP contribution in [0.1, 0.15) is 10.4 Å². The number of carbonyl (C=O) groups is 1. The fourth-order valence-electron chi connectivity index (χ4n) is 0.940. The number of rotatable bonds is 2. The Morgan fingerprint density at radius 3 is 2.85 bits per heavy atom. The summed E-state index contributed by atoms with van der Waals surface area (Å²) in [5.74, 6) is 4.66. The Balaban J connectivity index is 3.13. The molecule has 0 unspecified atom stereocenters. The van der Waals surface area contributed by atoms with Gasteiger partial charge in [0.2, 0.25) is 0 Å². The van der Waals surface area contributed by atoms with E-state index < -0.39 is 5.97 Å². The molecule has 0 bridgehead atoms. The number of hydrogen-bond acceptors (Lipinski definition) is 5. The lowest BCUT2D eigenvalue weighted by Crippen LogP contribution is -2.12. The molecule has 1 aromatic carbocycles. The standard InChI is InChI=1S/C8H10N2O3/c1-13-8(12)6-3-2-5(11)4-7(6)10-9/h2-4,10-11H,9H2,1H3. The van der Waals surface area contributed by atoms with Gasteiger partial charge in [0.1, 0.15) is 5.75 Å². The van der Waals surface area contributed by atoms with Gasteiger partial charge in [-0.25, -0.2) is 4.79 Å². The Hall–Kier alpha value is -1.75. The van der Waals surface area contributed by atoms with Crippen molar-refractivity contribution in [3.8, 4) is 5.75 Å². The van der Waals surface area contributed by atoms with E-state index in [4.69, 9.17) is 10.9 Å². The predicted octanol–water partition coefficient (Wildman–Crippen LogP) is 0.464. The van der Waals surface area contributed by atoms with Crippen LogP contribution >= 0.6 is 0 Å². The van der Waals surface area contributed by atoms with Crippen molar-refractivity contribution in [2.24, 2.45) is 5.84 Å². The molecule has 0 amide bonds. The number of ether oxygens (including phenoxy) is 1. The minimum absolute atomic E-state index is 0.0283. The number of phenolic OH excluding ortho intramolecular Hbond substituents is 1. The first-order valence-corrected chi connectivity index (χ1v) is 3.57. The molecule has 0 aliphatic rings. The van der Waals surface area contributed by atoms with Gasteiger partial charge < -0.3 is 15.3 Å². The van der Waals surface area contributed by atoms with Gasteiger partial charge in [-0.2, -0.15) is 0 Å². The van der Waals surface area contributed by atoms with Crippen molar-refractivity contribution in [2.75, 3.05) is 12.5 Å². The van der Waals surface area contributed by atoms with E-state index in [-0.39, 0.29) is 11.3 Å². The zero-order valence-electron chi connectivity index (χ0n) is 7.07. The second kappa shape index (κ2) is 3.77. The molecular formula is C8H10N2O3. The van der Waals surface area contributed by atoms with Crippen molar-refractivity contribution < 1.29 is 14.6 Å². The maximum absolute atomic E-state index is 11.1. The van der Waals surface area contributed by atoms with E-state index in [2.05, 4.69) is 10.2 Å². The summed E-state index contributed by atoms with van der Waals surface area (Å²) in [6.45, 7) is 0. The van der Waals surface area contributed by atoms with E-state index >= 15 is 0 Å². The molecule has 0 spiro atoms. The number of anilines is 1. The normalized spacial score (nSPS) is 9.38. The van der Waals surface area contributed by atoms with E-state index in [1.807, 2.05) is 0 Å². The number of nitrogens with two attached hydrogens (primary N) is 1. The lowest BCUT2D eigenvalue weighted by molar-refractivity contribution is 0.0602. The van der Waals surface area contributed by atoms with Crippen molar-refractivity contribution >= 4 is 11.7 Å². The first kappa shape index (κ1) is 9.34. The molecule has 0 radical (unpaired) electrons. The maximum atomic E-state index is 11.1. The van der Waals surface area contributed by atoms with Crippen LogP contribution in [0, 0.1) is 0 Å². The van der Waals surface area contributed by atoms with Crippen molar-refractivity contribution in [3.05, 3.63) is 23.8 Å². The van der Waals surface area contributed by atoms with Gasteiger partial charge in [-0.05, 0) is 12.1 Å². The van der Waals surface area contributed by atoms with Crippen molar-refractivity contribution in [1.29, 1.82) is 0 Å². The van der Waals surface area contributed by atoms with Crippen LogP contribution in [0.5, 0.6) is 5.75 Å². The van der Waals surface area contributed by atoms with Crippen LogP contribution in [0.4, 0.5) is 5.69 Å². The van der Waals surface area contributed by atoms with E-state index in [0.717, 1.165) is 0 Å². The summed E-state index contributed by atoms with van der Waals surface area (Å²) in [6, 6.07) is 4.15. The molecule has 70 valence electrons. The summed E-state index contributed by atoms with van der Waals surface area (Å²) < 4.78 is 4.50. The molecular weight excluding hydrogens is 172 g/mol. The number of nitrogen functional groups attached to an aromatic ring is 1. The van der Waals surface area contributed by atoms with Crippen LogP contribution in [0.2, 0.25) is 0 Å². The summed E-state index contributed by atoms with van der Waals surface area (Å²) in [4.78, 5) is 11.1. The molecule has 0 saturated carbocycles. The van der Waals surface area contributed by atoms with Gasteiger partial charge in [0.15, 0.2) is 0 Å². The molecule has 1 rings (SSSR count). The summed E-state index contributed by atoms with van der Waals surface area (Å²) in [5.41, 5.74) is 2.90. The zero-order chi connectivity index (χ0) is 9.84. The summed E-state index contributed by atoms with van der Waals surface area (Å²) >= 11 is 0. The number of hydrogen-bond donors (Lipinski definition) is 3. The molecule has 0 aliphatic carbocycles. The molecule has 5 heteroatoms. The van der Waals surface area contributed by atoms with Gasteiger partial charge >= 0.3 is 5.97 Å². The Kier molecular flexibility index (Phi) is 2.71. The molecule has 0 aromatic heterocycles. The van der Waals surface area contributed by atoms with E-state index in [0.29, 0.717) is 5.69 Å². The summed E-state index contributed by atoms with van der Waals surface area (Å²) in [6.07, 6.45) is 0. The topological polar surface area (TPSA) is 84.6 Å². The second-order valence-corrected chi connectivity index (χ2v) is 2.37. The molecule has 1 aromatic rings. The Labute approximate surface area is 75.1 Å². The molecule has 0 atom stereocenters. The lowest BCUT2D eigenvalue weighted by atomic mass is 10.2. The monoisotopic (exact) mass is 182 g/mol. The molecule has 0 saturated heterocycles. The zero-order valence-corrected chi connectivity index (χ0v) is 7.07. The Morgan fingerprint density at radius 1 is 1.62 bits per heavy atom. The van der Waals surface area contributed by atoms with E-state index in [9.17, 15) is 4.79 Å². The summed E-state index contributed by atoms with van der Waals surface area (Å²) in [5, 5.41) is 9.08. The van der Waals surface area contributed by atoms with Crippen LogP contribution in [0.25, 0.3) is 0 Å². The van der Waals surface area contributed by atoms with Gasteiger partial charge in [-0.1, -0.05) is 0 Å². The highest BCUT2D eigenvalue weighted by Gasteiger charge is 2.10. The third kappa shape index (κ3) is 1.88. The predicted molar refractivity (Wildman–Crippen MR) is 47.3 cm³/mol. The lowest BCUT2D eigenvalue weighted by Gasteiger charge is -2.06. The Bertz CT molecular complexity index is 325. The smallest absolute Gasteiger partial charge is 0.340 e. The molecule has 13 heavy (non-hydrogen) atoms. The second-order valence-electron chi connectivity index (χ2n) is 2.37. The van der Waals surface area contributed by atoms with Gasteiger partial charge in [0.25, 0.3) is 0 Å². The number of benzene rings is 1. The molecule has 0 aliphatic heterocycles. The third-order valence-corrected chi connectivity index (χ3v) is 1.56. The summed E-state index contributed by atoms with van der Waals surface area (Å²) in [7, 11) is 1.27. The highest BCUT2D eigenvalue weighted by molar-refractivity contribution is 5.95. The number of phenols is 1. The third-order valence-electron chi connectivity index (χ3n) is 1.56. The largest absolute Gasteiger partial charge is 0.508 e. The van der Waals surface area contributed by atoms with Gasteiger partial charge in [-0.3, -0.25) is 5.84 Å². The number of nitrogens with one attached hydrogen (secondary N) is 1.